The lowest BCUT2D eigenvalue weighted by atomic mass is 10.2. The maximum atomic E-state index is 10.7. The van der Waals surface area contributed by atoms with Gasteiger partial charge in [0.1, 0.15) is 11.5 Å². The Balaban J connectivity index is 2.33. The number of benzene rings is 2. The van der Waals surface area contributed by atoms with Crippen LogP contribution in [-0.4, -0.2) is 4.92 Å². The van der Waals surface area contributed by atoms with Crippen LogP contribution < -0.4 is 4.74 Å². The van der Waals surface area contributed by atoms with E-state index in [0.29, 0.717) is 28.0 Å². The number of ether oxygens (including phenoxy) is 1. The van der Waals surface area contributed by atoms with Gasteiger partial charge >= 0.3 is 0 Å². The molecule has 0 unspecified atom stereocenters. The summed E-state index contributed by atoms with van der Waals surface area (Å²) in [4.78, 5) is 10.3. The Morgan fingerprint density at radius 3 is 2.75 bits per heavy atom. The number of nitro groups is 1. The van der Waals surface area contributed by atoms with Gasteiger partial charge < -0.3 is 4.74 Å². The number of halogens is 1. The van der Waals surface area contributed by atoms with E-state index in [1.54, 1.807) is 30.3 Å². The van der Waals surface area contributed by atoms with Crippen molar-refractivity contribution in [3.05, 3.63) is 63.7 Å². The average Bonchev–Trinajstić information content (AvgIpc) is 2.47. The van der Waals surface area contributed by atoms with E-state index in [0.717, 1.165) is 0 Å². The second-order valence-electron chi connectivity index (χ2n) is 3.92. The Morgan fingerprint density at radius 1 is 1.30 bits per heavy atom. The molecule has 0 aromatic heterocycles. The Hall–Kier alpha value is -2.39. The lowest BCUT2D eigenvalue weighted by Crippen LogP contribution is -1.93. The van der Waals surface area contributed by atoms with E-state index < -0.39 is 4.92 Å². The summed E-state index contributed by atoms with van der Waals surface area (Å²) >= 11 is 3.28. The van der Waals surface area contributed by atoms with Crippen LogP contribution in [0.1, 0.15) is 11.1 Å². The summed E-state index contributed by atoms with van der Waals surface area (Å²) < 4.78 is 5.67. The van der Waals surface area contributed by atoms with E-state index in [-0.39, 0.29) is 5.69 Å². The fourth-order valence-electron chi connectivity index (χ4n) is 1.64. The molecule has 20 heavy (non-hydrogen) atoms. The quantitative estimate of drug-likeness (QED) is 0.478. The van der Waals surface area contributed by atoms with Gasteiger partial charge in [0.05, 0.1) is 16.6 Å². The SMILES string of the molecule is N#Cc1cccc(Oc2ccc([N+](=O)[O-])cc2CBr)c1. The molecule has 0 fully saturated rings. The molecule has 0 aliphatic carbocycles. The molecular formula is C14H9BrN2O3. The second-order valence-corrected chi connectivity index (χ2v) is 4.49. The summed E-state index contributed by atoms with van der Waals surface area (Å²) in [7, 11) is 0. The summed E-state index contributed by atoms with van der Waals surface area (Å²) in [6, 6.07) is 13.1. The number of hydrogen-bond acceptors (Lipinski definition) is 4. The first kappa shape index (κ1) is 14.0. The summed E-state index contributed by atoms with van der Waals surface area (Å²) in [5.74, 6) is 1.03. The number of alkyl halides is 1. The van der Waals surface area contributed by atoms with Gasteiger partial charge in [-0.1, -0.05) is 22.0 Å². The highest BCUT2D eigenvalue weighted by Gasteiger charge is 2.11. The summed E-state index contributed by atoms with van der Waals surface area (Å²) in [6.07, 6.45) is 0. The van der Waals surface area contributed by atoms with Crippen LogP contribution in [-0.2, 0) is 5.33 Å². The third-order valence-corrected chi connectivity index (χ3v) is 3.19. The van der Waals surface area contributed by atoms with Crippen molar-refractivity contribution in [3.63, 3.8) is 0 Å². The van der Waals surface area contributed by atoms with Crippen molar-refractivity contribution in [1.29, 1.82) is 5.26 Å². The van der Waals surface area contributed by atoms with Crippen LogP contribution in [0, 0.1) is 21.4 Å². The zero-order valence-corrected chi connectivity index (χ0v) is 11.8. The zero-order chi connectivity index (χ0) is 14.5. The lowest BCUT2D eigenvalue weighted by molar-refractivity contribution is -0.384. The molecule has 0 radical (unpaired) electrons. The van der Waals surface area contributed by atoms with E-state index in [4.69, 9.17) is 10.00 Å². The topological polar surface area (TPSA) is 76.2 Å². The zero-order valence-electron chi connectivity index (χ0n) is 10.2. The Labute approximate surface area is 123 Å². The van der Waals surface area contributed by atoms with E-state index in [2.05, 4.69) is 15.9 Å². The van der Waals surface area contributed by atoms with Crippen LogP contribution in [0.2, 0.25) is 0 Å². The number of nitro benzene ring substituents is 1. The van der Waals surface area contributed by atoms with Crippen LogP contribution >= 0.6 is 15.9 Å². The molecule has 2 aromatic rings. The highest BCUT2D eigenvalue weighted by Crippen LogP contribution is 2.30. The molecule has 0 bridgehead atoms. The van der Waals surface area contributed by atoms with Crippen molar-refractivity contribution in [2.45, 2.75) is 5.33 Å². The van der Waals surface area contributed by atoms with E-state index in [1.807, 2.05) is 6.07 Å². The van der Waals surface area contributed by atoms with Crippen LogP contribution in [0.4, 0.5) is 5.69 Å². The van der Waals surface area contributed by atoms with Gasteiger partial charge in [-0.2, -0.15) is 5.26 Å². The van der Waals surface area contributed by atoms with E-state index in [9.17, 15) is 10.1 Å². The molecule has 2 rings (SSSR count). The molecule has 5 nitrogen and oxygen atoms in total. The van der Waals surface area contributed by atoms with Gasteiger partial charge in [-0.25, -0.2) is 0 Å². The molecule has 0 atom stereocenters. The number of nitriles is 1. The molecule has 0 amide bonds. The van der Waals surface area contributed by atoms with Crippen LogP contribution in [0.15, 0.2) is 42.5 Å². The fraction of sp³-hybridized carbons (Fsp3) is 0.0714. The Kier molecular flexibility index (Phi) is 4.33. The highest BCUT2D eigenvalue weighted by atomic mass is 79.9. The van der Waals surface area contributed by atoms with Gasteiger partial charge in [0.25, 0.3) is 5.69 Å². The number of nitrogens with zero attached hydrogens (tertiary/aromatic N) is 2. The number of non-ortho nitro benzene ring substituents is 1. The van der Waals surface area contributed by atoms with Gasteiger partial charge in [0.2, 0.25) is 0 Å². The molecule has 0 aliphatic rings. The van der Waals surface area contributed by atoms with E-state index in [1.165, 1.54) is 12.1 Å². The largest absolute Gasteiger partial charge is 0.457 e. The number of hydrogen-bond donors (Lipinski definition) is 0. The summed E-state index contributed by atoms with van der Waals surface area (Å²) in [5.41, 5.74) is 1.17. The van der Waals surface area contributed by atoms with Gasteiger partial charge in [-0.3, -0.25) is 10.1 Å². The number of rotatable bonds is 4. The first-order valence-corrected chi connectivity index (χ1v) is 6.77. The standard InChI is InChI=1S/C14H9BrN2O3/c15-8-11-7-12(17(18)19)4-5-14(11)20-13-3-1-2-10(6-13)9-16/h1-7H,8H2. The molecule has 6 heteroatoms. The Bertz CT molecular complexity index is 695. The van der Waals surface area contributed by atoms with Crippen molar-refractivity contribution < 1.29 is 9.66 Å². The van der Waals surface area contributed by atoms with Gasteiger partial charge in [0, 0.05) is 23.0 Å². The predicted octanol–water partition coefficient (Wildman–Crippen LogP) is 4.15. The molecule has 0 saturated heterocycles. The van der Waals surface area contributed by atoms with Crippen molar-refractivity contribution in [2.75, 3.05) is 0 Å². The van der Waals surface area contributed by atoms with Crippen LogP contribution in [0.3, 0.4) is 0 Å². The molecule has 0 N–H and O–H groups in total. The molecule has 100 valence electrons. The minimum atomic E-state index is -0.452. The molecular weight excluding hydrogens is 324 g/mol. The van der Waals surface area contributed by atoms with Crippen molar-refractivity contribution in [2.24, 2.45) is 0 Å². The molecule has 0 heterocycles. The second kappa shape index (κ2) is 6.17. The minimum Gasteiger partial charge on any atom is -0.457 e. The van der Waals surface area contributed by atoms with Crippen molar-refractivity contribution in [3.8, 4) is 17.6 Å². The normalized spacial score (nSPS) is 9.80. The molecule has 0 aliphatic heterocycles. The smallest absolute Gasteiger partial charge is 0.270 e. The van der Waals surface area contributed by atoms with Gasteiger partial charge in [-0.15, -0.1) is 0 Å². The van der Waals surface area contributed by atoms with Crippen LogP contribution in [0.5, 0.6) is 11.5 Å². The van der Waals surface area contributed by atoms with Crippen molar-refractivity contribution >= 4 is 21.6 Å². The minimum absolute atomic E-state index is 0.0116. The van der Waals surface area contributed by atoms with E-state index >= 15 is 0 Å². The first-order valence-electron chi connectivity index (χ1n) is 5.65. The molecule has 0 saturated carbocycles. The predicted molar refractivity (Wildman–Crippen MR) is 77.0 cm³/mol. The lowest BCUT2D eigenvalue weighted by Gasteiger charge is -2.09. The Morgan fingerprint density at radius 2 is 2.10 bits per heavy atom. The highest BCUT2D eigenvalue weighted by molar-refractivity contribution is 9.08. The maximum Gasteiger partial charge on any atom is 0.270 e. The third kappa shape index (κ3) is 3.13. The first-order chi connectivity index (χ1) is 9.63. The van der Waals surface area contributed by atoms with Gasteiger partial charge in [-0.05, 0) is 24.3 Å². The van der Waals surface area contributed by atoms with Crippen LogP contribution in [0.25, 0.3) is 0 Å². The maximum absolute atomic E-state index is 10.7. The average molecular weight is 333 g/mol. The molecule has 2 aromatic carbocycles. The fourth-order valence-corrected chi connectivity index (χ4v) is 2.08. The van der Waals surface area contributed by atoms with Gasteiger partial charge in [0.15, 0.2) is 0 Å². The molecule has 0 spiro atoms. The monoisotopic (exact) mass is 332 g/mol. The summed E-state index contributed by atoms with van der Waals surface area (Å²) in [5, 5.41) is 20.0. The summed E-state index contributed by atoms with van der Waals surface area (Å²) in [6.45, 7) is 0. The third-order valence-electron chi connectivity index (χ3n) is 2.59. The van der Waals surface area contributed by atoms with Crippen molar-refractivity contribution in [1.82, 2.24) is 0 Å².